The highest BCUT2D eigenvalue weighted by atomic mass is 32.2. The van der Waals surface area contributed by atoms with Gasteiger partial charge in [-0.1, -0.05) is 6.07 Å². The van der Waals surface area contributed by atoms with Crippen LogP contribution in [-0.4, -0.2) is 27.3 Å². The number of hydrogen-bond donors (Lipinski definition) is 0. The number of hydrogen-bond acceptors (Lipinski definition) is 5. The number of alkyl halides is 2. The van der Waals surface area contributed by atoms with E-state index in [4.69, 9.17) is 4.74 Å². The second-order valence-electron chi connectivity index (χ2n) is 4.40. The Bertz CT molecular complexity index is 801. The summed E-state index contributed by atoms with van der Waals surface area (Å²) in [5, 5.41) is 0. The smallest absolute Gasteiger partial charge is 0.341 e. The van der Waals surface area contributed by atoms with Crippen LogP contribution in [-0.2, 0) is 14.6 Å². The normalized spacial score (nSPS) is 11.3. The molecule has 0 aromatic heterocycles. The molecule has 0 amide bonds. The number of halogens is 2. The molecule has 0 heterocycles. The molecule has 23 heavy (non-hydrogen) atoms. The van der Waals surface area contributed by atoms with Crippen molar-refractivity contribution < 1.29 is 31.5 Å². The van der Waals surface area contributed by atoms with Crippen molar-refractivity contribution in [2.24, 2.45) is 0 Å². The third kappa shape index (κ3) is 3.84. The van der Waals surface area contributed by atoms with Crippen LogP contribution in [0.5, 0.6) is 11.5 Å². The van der Waals surface area contributed by atoms with Gasteiger partial charge in [0, 0.05) is 0 Å². The van der Waals surface area contributed by atoms with E-state index in [9.17, 15) is 22.0 Å². The van der Waals surface area contributed by atoms with E-state index in [0.717, 1.165) is 12.1 Å². The van der Waals surface area contributed by atoms with Crippen LogP contribution in [0, 0.1) is 0 Å². The lowest BCUT2D eigenvalue weighted by atomic mass is 10.2. The summed E-state index contributed by atoms with van der Waals surface area (Å²) in [5.74, 6) is -3.46. The van der Waals surface area contributed by atoms with Crippen LogP contribution in [0.4, 0.5) is 8.78 Å². The molecule has 0 aliphatic heterocycles. The lowest BCUT2D eigenvalue weighted by Gasteiger charge is -2.08. The molecule has 2 aromatic rings. The van der Waals surface area contributed by atoms with Crippen LogP contribution < -0.4 is 4.74 Å². The van der Waals surface area contributed by atoms with E-state index < -0.39 is 26.5 Å². The monoisotopic (exact) mass is 342 g/mol. The number of rotatable bonds is 5. The van der Waals surface area contributed by atoms with Crippen molar-refractivity contribution in [1.82, 2.24) is 0 Å². The first-order chi connectivity index (χ1) is 10.8. The second-order valence-corrected chi connectivity index (χ2v) is 6.32. The van der Waals surface area contributed by atoms with Gasteiger partial charge in [0.25, 0.3) is 0 Å². The molecule has 0 spiro atoms. The van der Waals surface area contributed by atoms with Crippen molar-refractivity contribution in [3.05, 3.63) is 54.1 Å². The molecule has 5 nitrogen and oxygen atoms in total. The molecule has 0 fully saturated rings. The summed E-state index contributed by atoms with van der Waals surface area (Å²) in [7, 11) is -3.39. The highest BCUT2D eigenvalue weighted by Gasteiger charge is 2.26. The lowest BCUT2D eigenvalue weighted by molar-refractivity contribution is 0.0600. The Kier molecular flexibility index (Phi) is 4.95. The molecule has 8 heteroatoms. The van der Waals surface area contributed by atoms with Gasteiger partial charge < -0.3 is 9.47 Å². The van der Waals surface area contributed by atoms with E-state index in [1.807, 2.05) is 0 Å². The predicted octanol–water partition coefficient (Wildman–Crippen LogP) is 3.26. The molecule has 0 N–H and O–H groups in total. The van der Waals surface area contributed by atoms with E-state index >= 15 is 0 Å². The average molecular weight is 342 g/mol. The third-order valence-electron chi connectivity index (χ3n) is 2.88. The van der Waals surface area contributed by atoms with Crippen molar-refractivity contribution in [1.29, 1.82) is 0 Å². The Morgan fingerprint density at radius 3 is 2.26 bits per heavy atom. The van der Waals surface area contributed by atoms with Crippen LogP contribution in [0.2, 0.25) is 0 Å². The molecule has 2 aromatic carbocycles. The van der Waals surface area contributed by atoms with Crippen molar-refractivity contribution in [3.63, 3.8) is 0 Å². The van der Waals surface area contributed by atoms with Crippen LogP contribution >= 0.6 is 0 Å². The molecule has 0 aliphatic rings. The molecule has 0 unspecified atom stereocenters. The van der Waals surface area contributed by atoms with Gasteiger partial charge >= 0.3 is 11.7 Å². The van der Waals surface area contributed by atoms with E-state index in [0.29, 0.717) is 5.75 Å². The fraction of sp³-hybridized carbons (Fsp3) is 0.133. The zero-order valence-corrected chi connectivity index (χ0v) is 12.7. The number of methoxy groups -OCH3 is 1. The Morgan fingerprint density at radius 2 is 1.70 bits per heavy atom. The summed E-state index contributed by atoms with van der Waals surface area (Å²) < 4.78 is 57.5. The van der Waals surface area contributed by atoms with E-state index in [2.05, 4.69) is 4.74 Å². The maximum atomic E-state index is 12.4. The maximum Gasteiger partial charge on any atom is 0.341 e. The molecule has 0 saturated heterocycles. The van der Waals surface area contributed by atoms with Crippen molar-refractivity contribution in [2.75, 3.05) is 7.11 Å². The predicted molar refractivity (Wildman–Crippen MR) is 77.5 cm³/mol. The number of benzene rings is 2. The Balaban J connectivity index is 2.21. The lowest BCUT2D eigenvalue weighted by Crippen LogP contribution is -2.11. The quantitative estimate of drug-likeness (QED) is 0.780. The molecular formula is C15H12F2O5S. The molecule has 0 aliphatic carbocycles. The molecule has 122 valence electrons. The van der Waals surface area contributed by atoms with Gasteiger partial charge in [-0.05, 0) is 42.5 Å². The summed E-state index contributed by atoms with van der Waals surface area (Å²) in [6.07, 6.45) is 0. The molecule has 0 atom stereocenters. The number of ether oxygens (including phenoxy) is 2. The van der Waals surface area contributed by atoms with Gasteiger partial charge in [0.2, 0.25) is 9.84 Å². The first-order valence-electron chi connectivity index (χ1n) is 6.33. The standard InChI is InChI=1S/C15H12F2O5S/c1-21-14(18)10-3-2-4-12(9-10)22-11-5-7-13(8-6-11)23(19,20)15(16)17/h2-9,15H,1H3. The maximum absolute atomic E-state index is 12.4. The highest BCUT2D eigenvalue weighted by Crippen LogP contribution is 2.25. The van der Waals surface area contributed by atoms with E-state index in [1.54, 1.807) is 12.1 Å². The highest BCUT2D eigenvalue weighted by molar-refractivity contribution is 7.91. The molecular weight excluding hydrogens is 330 g/mol. The zero-order chi connectivity index (χ0) is 17.0. The van der Waals surface area contributed by atoms with Crippen molar-refractivity contribution in [3.8, 4) is 11.5 Å². The summed E-state index contributed by atoms with van der Waals surface area (Å²) in [6, 6.07) is 10.7. The topological polar surface area (TPSA) is 69.7 Å². The molecule has 2 rings (SSSR count). The van der Waals surface area contributed by atoms with Crippen LogP contribution in [0.15, 0.2) is 53.4 Å². The first kappa shape index (κ1) is 16.9. The Labute approximate surface area is 131 Å². The zero-order valence-electron chi connectivity index (χ0n) is 11.9. The average Bonchev–Trinajstić information content (AvgIpc) is 2.54. The SMILES string of the molecule is COC(=O)c1cccc(Oc2ccc(S(=O)(=O)C(F)F)cc2)c1. The first-order valence-corrected chi connectivity index (χ1v) is 7.87. The summed E-state index contributed by atoms with van der Waals surface area (Å²) in [5.41, 5.74) is 0.280. The van der Waals surface area contributed by atoms with E-state index in [-0.39, 0.29) is 11.3 Å². The minimum Gasteiger partial charge on any atom is -0.465 e. The summed E-state index contributed by atoms with van der Waals surface area (Å²) >= 11 is 0. The number of esters is 1. The fourth-order valence-corrected chi connectivity index (χ4v) is 2.46. The van der Waals surface area contributed by atoms with Crippen molar-refractivity contribution >= 4 is 15.8 Å². The molecule has 0 radical (unpaired) electrons. The number of sulfone groups is 1. The van der Waals surface area contributed by atoms with Gasteiger partial charge in [0.05, 0.1) is 17.6 Å². The van der Waals surface area contributed by atoms with Gasteiger partial charge in [-0.3, -0.25) is 0 Å². The fourth-order valence-electron chi connectivity index (χ4n) is 1.74. The second kappa shape index (κ2) is 6.74. The Hall–Kier alpha value is -2.48. The number of carbonyl (C=O) groups excluding carboxylic acids is 1. The minimum atomic E-state index is -4.64. The van der Waals surface area contributed by atoms with Gasteiger partial charge in [-0.25, -0.2) is 13.2 Å². The largest absolute Gasteiger partial charge is 0.465 e. The molecule has 0 saturated carbocycles. The Morgan fingerprint density at radius 1 is 1.04 bits per heavy atom. The summed E-state index contributed by atoms with van der Waals surface area (Å²) in [4.78, 5) is 10.9. The third-order valence-corrected chi connectivity index (χ3v) is 4.28. The van der Waals surface area contributed by atoms with Crippen molar-refractivity contribution in [2.45, 2.75) is 10.7 Å². The van der Waals surface area contributed by atoms with Gasteiger partial charge in [-0.2, -0.15) is 8.78 Å². The van der Waals surface area contributed by atoms with Crippen LogP contribution in [0.1, 0.15) is 10.4 Å². The van der Waals surface area contributed by atoms with Crippen LogP contribution in [0.3, 0.4) is 0 Å². The molecule has 0 bridgehead atoms. The van der Waals surface area contributed by atoms with Gasteiger partial charge in [-0.15, -0.1) is 0 Å². The van der Waals surface area contributed by atoms with E-state index in [1.165, 1.54) is 31.4 Å². The van der Waals surface area contributed by atoms with Gasteiger partial charge in [0.15, 0.2) is 0 Å². The number of carbonyl (C=O) groups is 1. The van der Waals surface area contributed by atoms with Gasteiger partial charge in [0.1, 0.15) is 11.5 Å². The summed E-state index contributed by atoms with van der Waals surface area (Å²) in [6.45, 7) is 0. The van der Waals surface area contributed by atoms with Crippen LogP contribution in [0.25, 0.3) is 0 Å². The minimum absolute atomic E-state index is 0.236.